The predicted octanol–water partition coefficient (Wildman–Crippen LogP) is 2.70. The Hall–Kier alpha value is -0.420. The van der Waals surface area contributed by atoms with Crippen LogP contribution in [0.5, 0.6) is 0 Å². The van der Waals surface area contributed by atoms with Crippen molar-refractivity contribution in [1.82, 2.24) is 9.80 Å². The van der Waals surface area contributed by atoms with E-state index in [1.807, 2.05) is 11.3 Å². The number of thiophene rings is 1. The highest BCUT2D eigenvalue weighted by Crippen LogP contribution is 2.34. The number of rotatable bonds is 4. The fourth-order valence-corrected chi connectivity index (χ4v) is 4.97. The molecule has 1 saturated heterocycles. The van der Waals surface area contributed by atoms with E-state index in [9.17, 15) is 0 Å². The van der Waals surface area contributed by atoms with Gasteiger partial charge in [0.05, 0.1) is 0 Å². The van der Waals surface area contributed by atoms with Gasteiger partial charge in [-0.05, 0) is 68.7 Å². The van der Waals surface area contributed by atoms with Gasteiger partial charge in [-0.15, -0.1) is 11.3 Å². The molecule has 2 N–H and O–H groups in total. The quantitative estimate of drug-likeness (QED) is 0.928. The van der Waals surface area contributed by atoms with E-state index < -0.39 is 0 Å². The molecule has 1 fully saturated rings. The summed E-state index contributed by atoms with van der Waals surface area (Å²) in [5, 5.41) is 2.25. The highest BCUT2D eigenvalue weighted by Gasteiger charge is 2.38. The van der Waals surface area contributed by atoms with Crippen LogP contribution in [0.4, 0.5) is 0 Å². The zero-order valence-corrected chi connectivity index (χ0v) is 14.1. The first-order valence-corrected chi connectivity index (χ1v) is 9.38. The van der Waals surface area contributed by atoms with Crippen LogP contribution in [-0.4, -0.2) is 48.1 Å². The van der Waals surface area contributed by atoms with Crippen LogP contribution in [0.1, 0.15) is 43.0 Å². The normalized spacial score (nSPS) is 28.3. The summed E-state index contributed by atoms with van der Waals surface area (Å²) >= 11 is 1.93. The molecule has 0 bridgehead atoms. The maximum atomic E-state index is 6.30. The summed E-state index contributed by atoms with van der Waals surface area (Å²) in [6.07, 6.45) is 6.28. The Morgan fingerprint density at radius 1 is 1.29 bits per heavy atom. The molecule has 3 nitrogen and oxygen atoms in total. The molecule has 2 aliphatic heterocycles. The molecule has 4 heteroatoms. The largest absolute Gasteiger partial charge is 0.329 e. The summed E-state index contributed by atoms with van der Waals surface area (Å²) in [4.78, 5) is 6.94. The lowest BCUT2D eigenvalue weighted by Gasteiger charge is -2.45. The summed E-state index contributed by atoms with van der Waals surface area (Å²) in [6, 6.07) is 2.32. The van der Waals surface area contributed by atoms with Crippen LogP contribution >= 0.6 is 11.3 Å². The molecule has 0 saturated carbocycles. The van der Waals surface area contributed by atoms with Gasteiger partial charge in [0.15, 0.2) is 0 Å². The Balaban J connectivity index is 1.72. The van der Waals surface area contributed by atoms with Crippen molar-refractivity contribution < 1.29 is 0 Å². The lowest BCUT2D eigenvalue weighted by atomic mass is 9.86. The van der Waals surface area contributed by atoms with Gasteiger partial charge in [0.1, 0.15) is 0 Å². The predicted molar refractivity (Wildman–Crippen MR) is 90.8 cm³/mol. The van der Waals surface area contributed by atoms with Crippen LogP contribution in [-0.2, 0) is 13.0 Å². The van der Waals surface area contributed by atoms with Gasteiger partial charge in [-0.25, -0.2) is 0 Å². The third-order valence-electron chi connectivity index (χ3n) is 5.41. The number of likely N-dealkylation sites (tertiary alicyclic amines) is 1. The summed E-state index contributed by atoms with van der Waals surface area (Å²) in [5.41, 5.74) is 8.08. The van der Waals surface area contributed by atoms with Gasteiger partial charge < -0.3 is 10.6 Å². The molecule has 2 aliphatic rings. The van der Waals surface area contributed by atoms with E-state index in [1.54, 1.807) is 10.4 Å². The Labute approximate surface area is 133 Å². The lowest BCUT2D eigenvalue weighted by molar-refractivity contribution is 0.0651. The van der Waals surface area contributed by atoms with Gasteiger partial charge in [-0.1, -0.05) is 6.92 Å². The maximum Gasteiger partial charge on any atom is 0.0348 e. The molecule has 1 unspecified atom stereocenters. The van der Waals surface area contributed by atoms with Crippen LogP contribution in [0, 0.1) is 0 Å². The van der Waals surface area contributed by atoms with Crippen molar-refractivity contribution in [3.8, 4) is 0 Å². The molecule has 1 atom stereocenters. The minimum atomic E-state index is 0.238. The number of hydrogen-bond donors (Lipinski definition) is 1. The minimum absolute atomic E-state index is 0.238. The molecule has 0 aromatic carbocycles. The first-order chi connectivity index (χ1) is 10.3. The van der Waals surface area contributed by atoms with Crippen molar-refractivity contribution >= 4 is 11.3 Å². The van der Waals surface area contributed by atoms with Crippen molar-refractivity contribution in [2.24, 2.45) is 5.73 Å². The molecule has 0 spiro atoms. The van der Waals surface area contributed by atoms with Crippen LogP contribution < -0.4 is 5.73 Å². The van der Waals surface area contributed by atoms with Gasteiger partial charge in [-0.2, -0.15) is 0 Å². The third kappa shape index (κ3) is 3.19. The Morgan fingerprint density at radius 2 is 2.19 bits per heavy atom. The monoisotopic (exact) mass is 307 g/mol. The van der Waals surface area contributed by atoms with E-state index in [-0.39, 0.29) is 5.54 Å². The number of nitrogens with zero attached hydrogens (tertiary/aromatic N) is 2. The van der Waals surface area contributed by atoms with E-state index >= 15 is 0 Å². The van der Waals surface area contributed by atoms with Gasteiger partial charge in [0.2, 0.25) is 0 Å². The number of fused-ring (bicyclic) bond motifs is 1. The molecule has 1 aromatic rings. The van der Waals surface area contributed by atoms with Crippen LogP contribution in [0.25, 0.3) is 0 Å². The number of hydrogen-bond acceptors (Lipinski definition) is 4. The van der Waals surface area contributed by atoms with Gasteiger partial charge in [0.25, 0.3) is 0 Å². The molecule has 118 valence electrons. The molecule has 0 amide bonds. The number of nitrogens with two attached hydrogens (primary N) is 1. The maximum absolute atomic E-state index is 6.30. The first-order valence-electron chi connectivity index (χ1n) is 8.50. The third-order valence-corrected chi connectivity index (χ3v) is 6.43. The highest BCUT2D eigenvalue weighted by molar-refractivity contribution is 7.10. The molecule has 1 aromatic heterocycles. The first kappa shape index (κ1) is 15.5. The second kappa shape index (κ2) is 6.78. The van der Waals surface area contributed by atoms with Crippen molar-refractivity contribution in [3.05, 3.63) is 21.9 Å². The van der Waals surface area contributed by atoms with Crippen LogP contribution in [0.3, 0.4) is 0 Å². The SMILES string of the molecule is CCCN1CCCC(CN)(N2CCc3sccc3C2)CC1. The summed E-state index contributed by atoms with van der Waals surface area (Å²) in [5.74, 6) is 0. The van der Waals surface area contributed by atoms with Crippen molar-refractivity contribution in [2.45, 2.75) is 51.1 Å². The van der Waals surface area contributed by atoms with Gasteiger partial charge >= 0.3 is 0 Å². The van der Waals surface area contributed by atoms with E-state index in [2.05, 4.69) is 28.2 Å². The smallest absolute Gasteiger partial charge is 0.0348 e. The Bertz CT molecular complexity index is 459. The average molecular weight is 308 g/mol. The summed E-state index contributed by atoms with van der Waals surface area (Å²) < 4.78 is 0. The minimum Gasteiger partial charge on any atom is -0.329 e. The standard InChI is InChI=1S/C17H29N3S/c1-2-8-19-9-3-6-17(14-18,7-11-19)20-10-4-16-15(13-20)5-12-21-16/h5,12H,2-4,6-11,13-14,18H2,1H3. The zero-order valence-electron chi connectivity index (χ0n) is 13.3. The summed E-state index contributed by atoms with van der Waals surface area (Å²) in [6.45, 7) is 9.12. The highest BCUT2D eigenvalue weighted by atomic mass is 32.1. The van der Waals surface area contributed by atoms with E-state index in [1.165, 1.54) is 58.3 Å². The zero-order chi connectivity index (χ0) is 14.7. The molecule has 0 aliphatic carbocycles. The second-order valence-corrected chi connectivity index (χ2v) is 7.66. The van der Waals surface area contributed by atoms with Crippen LogP contribution in [0.15, 0.2) is 11.4 Å². The van der Waals surface area contributed by atoms with Gasteiger partial charge in [0, 0.05) is 30.1 Å². The molecule has 3 rings (SSSR count). The summed E-state index contributed by atoms with van der Waals surface area (Å²) in [7, 11) is 0. The lowest BCUT2D eigenvalue weighted by Crippen LogP contribution is -2.55. The van der Waals surface area contributed by atoms with E-state index in [4.69, 9.17) is 5.73 Å². The van der Waals surface area contributed by atoms with E-state index in [0.717, 1.165) is 13.1 Å². The molecule has 0 radical (unpaired) electrons. The van der Waals surface area contributed by atoms with E-state index in [0.29, 0.717) is 0 Å². The second-order valence-electron chi connectivity index (χ2n) is 6.66. The topological polar surface area (TPSA) is 32.5 Å². The fourth-order valence-electron chi connectivity index (χ4n) is 4.08. The van der Waals surface area contributed by atoms with Crippen molar-refractivity contribution in [1.29, 1.82) is 0 Å². The Kier molecular flexibility index (Phi) is 4.99. The molecule has 21 heavy (non-hydrogen) atoms. The fraction of sp³-hybridized carbons (Fsp3) is 0.765. The van der Waals surface area contributed by atoms with Crippen molar-refractivity contribution in [2.75, 3.05) is 32.7 Å². The van der Waals surface area contributed by atoms with Crippen molar-refractivity contribution in [3.63, 3.8) is 0 Å². The van der Waals surface area contributed by atoms with Gasteiger partial charge in [-0.3, -0.25) is 4.90 Å². The molecule has 3 heterocycles. The van der Waals surface area contributed by atoms with Crippen LogP contribution in [0.2, 0.25) is 0 Å². The molecular formula is C17H29N3S. The molecular weight excluding hydrogens is 278 g/mol. The Morgan fingerprint density at radius 3 is 3.00 bits per heavy atom. The average Bonchev–Trinajstić information content (AvgIpc) is 2.88.